The Hall–Kier alpha value is -1.36. The SMILES string of the molecule is O=c1ncn(-c2ccc(Br)cc2)[nH]1. The van der Waals surface area contributed by atoms with E-state index >= 15 is 0 Å². The average molecular weight is 240 g/mol. The minimum atomic E-state index is -0.345. The highest BCUT2D eigenvalue weighted by Gasteiger charge is 1.96. The minimum absolute atomic E-state index is 0.345. The molecule has 0 bridgehead atoms. The number of aromatic nitrogens is 3. The lowest BCUT2D eigenvalue weighted by Crippen LogP contribution is -2.04. The van der Waals surface area contributed by atoms with E-state index in [-0.39, 0.29) is 5.69 Å². The molecule has 5 heteroatoms. The first-order chi connectivity index (χ1) is 6.25. The van der Waals surface area contributed by atoms with Crippen molar-refractivity contribution < 1.29 is 0 Å². The fourth-order valence-electron chi connectivity index (χ4n) is 1.00. The molecule has 0 saturated heterocycles. The lowest BCUT2D eigenvalue weighted by molar-refractivity contribution is 0.864. The molecule has 0 unspecified atom stereocenters. The van der Waals surface area contributed by atoms with E-state index in [0.717, 1.165) is 10.2 Å². The highest BCUT2D eigenvalue weighted by molar-refractivity contribution is 9.10. The predicted octanol–water partition coefficient (Wildman–Crippen LogP) is 1.32. The third-order valence-corrected chi connectivity index (χ3v) is 2.14. The van der Waals surface area contributed by atoms with Gasteiger partial charge in [0.05, 0.1) is 5.69 Å². The van der Waals surface area contributed by atoms with Crippen LogP contribution in [0.5, 0.6) is 0 Å². The Balaban J connectivity index is 2.47. The van der Waals surface area contributed by atoms with Crippen LogP contribution in [0.3, 0.4) is 0 Å². The van der Waals surface area contributed by atoms with E-state index in [1.165, 1.54) is 6.33 Å². The van der Waals surface area contributed by atoms with Crippen molar-refractivity contribution in [1.82, 2.24) is 14.8 Å². The molecule has 0 aliphatic carbocycles. The quantitative estimate of drug-likeness (QED) is 0.817. The molecule has 2 rings (SSSR count). The van der Waals surface area contributed by atoms with Crippen LogP contribution < -0.4 is 5.69 Å². The number of hydrogen-bond acceptors (Lipinski definition) is 2. The van der Waals surface area contributed by atoms with Crippen molar-refractivity contribution in [2.24, 2.45) is 0 Å². The Morgan fingerprint density at radius 1 is 1.31 bits per heavy atom. The Morgan fingerprint density at radius 3 is 2.54 bits per heavy atom. The van der Waals surface area contributed by atoms with Crippen LogP contribution in [0.2, 0.25) is 0 Å². The molecule has 1 aromatic carbocycles. The topological polar surface area (TPSA) is 50.7 Å². The Morgan fingerprint density at radius 2 is 2.00 bits per heavy atom. The fraction of sp³-hybridized carbons (Fsp3) is 0. The zero-order valence-corrected chi connectivity index (χ0v) is 8.15. The van der Waals surface area contributed by atoms with Crippen LogP contribution in [-0.4, -0.2) is 14.8 Å². The van der Waals surface area contributed by atoms with Gasteiger partial charge in [-0.1, -0.05) is 15.9 Å². The van der Waals surface area contributed by atoms with Crippen molar-refractivity contribution >= 4 is 15.9 Å². The summed E-state index contributed by atoms with van der Waals surface area (Å²) in [4.78, 5) is 14.3. The second kappa shape index (κ2) is 3.18. The molecule has 2 aromatic rings. The van der Waals surface area contributed by atoms with Gasteiger partial charge in [-0.05, 0) is 24.3 Å². The molecule has 1 heterocycles. The molecular weight excluding hydrogens is 234 g/mol. The second-order valence-corrected chi connectivity index (χ2v) is 3.42. The molecule has 1 N–H and O–H groups in total. The van der Waals surface area contributed by atoms with Gasteiger partial charge in [0.1, 0.15) is 6.33 Å². The lowest BCUT2D eigenvalue weighted by atomic mass is 10.3. The number of hydrogen-bond donors (Lipinski definition) is 1. The van der Waals surface area contributed by atoms with Crippen LogP contribution in [0.4, 0.5) is 0 Å². The van der Waals surface area contributed by atoms with Crippen LogP contribution in [0.25, 0.3) is 5.69 Å². The van der Waals surface area contributed by atoms with Crippen molar-refractivity contribution in [1.29, 1.82) is 0 Å². The van der Waals surface area contributed by atoms with E-state index < -0.39 is 0 Å². The number of nitrogens with one attached hydrogen (secondary N) is 1. The molecule has 13 heavy (non-hydrogen) atoms. The molecule has 0 saturated carbocycles. The summed E-state index contributed by atoms with van der Waals surface area (Å²) in [6.07, 6.45) is 1.45. The molecule has 0 aliphatic heterocycles. The number of nitrogens with zero attached hydrogens (tertiary/aromatic N) is 2. The van der Waals surface area contributed by atoms with Gasteiger partial charge in [0.2, 0.25) is 0 Å². The van der Waals surface area contributed by atoms with Gasteiger partial charge in [0, 0.05) is 4.47 Å². The van der Waals surface area contributed by atoms with E-state index in [1.54, 1.807) is 4.68 Å². The first kappa shape index (κ1) is 8.25. The summed E-state index contributed by atoms with van der Waals surface area (Å²) in [6.45, 7) is 0. The summed E-state index contributed by atoms with van der Waals surface area (Å²) < 4.78 is 2.56. The predicted molar refractivity (Wildman–Crippen MR) is 51.9 cm³/mol. The third-order valence-electron chi connectivity index (χ3n) is 1.61. The van der Waals surface area contributed by atoms with Crippen LogP contribution in [0, 0.1) is 0 Å². The summed E-state index contributed by atoms with van der Waals surface area (Å²) in [5.41, 5.74) is 0.528. The lowest BCUT2D eigenvalue weighted by Gasteiger charge is -1.99. The number of H-pyrrole nitrogens is 1. The number of benzene rings is 1. The van der Waals surface area contributed by atoms with Gasteiger partial charge in [-0.2, -0.15) is 4.98 Å². The standard InChI is InChI=1S/C8H6BrN3O/c9-6-1-3-7(4-2-6)12-5-10-8(13)11-12/h1-5H,(H,11,13). The van der Waals surface area contributed by atoms with E-state index in [4.69, 9.17) is 0 Å². The monoisotopic (exact) mass is 239 g/mol. The van der Waals surface area contributed by atoms with Gasteiger partial charge in [0.15, 0.2) is 0 Å². The largest absolute Gasteiger partial charge is 0.361 e. The van der Waals surface area contributed by atoms with Crippen LogP contribution in [-0.2, 0) is 0 Å². The highest BCUT2D eigenvalue weighted by Crippen LogP contribution is 2.12. The molecule has 0 spiro atoms. The Labute approximate surface area is 82.3 Å². The maximum absolute atomic E-state index is 10.7. The normalized spacial score (nSPS) is 10.2. The summed E-state index contributed by atoms with van der Waals surface area (Å²) in [7, 11) is 0. The van der Waals surface area contributed by atoms with Crippen molar-refractivity contribution in [2.45, 2.75) is 0 Å². The minimum Gasteiger partial charge on any atom is -0.244 e. The highest BCUT2D eigenvalue weighted by atomic mass is 79.9. The first-order valence-electron chi connectivity index (χ1n) is 3.65. The summed E-state index contributed by atoms with van der Waals surface area (Å²) in [6, 6.07) is 7.55. The van der Waals surface area contributed by atoms with E-state index in [9.17, 15) is 4.79 Å². The van der Waals surface area contributed by atoms with Gasteiger partial charge in [-0.25, -0.2) is 14.6 Å². The number of aromatic amines is 1. The molecular formula is C8H6BrN3O. The maximum Gasteiger partial charge on any atom is 0.361 e. The molecule has 66 valence electrons. The van der Waals surface area contributed by atoms with Gasteiger partial charge >= 0.3 is 5.69 Å². The van der Waals surface area contributed by atoms with Crippen molar-refractivity contribution in [3.05, 3.63) is 45.5 Å². The van der Waals surface area contributed by atoms with Crippen molar-refractivity contribution in [3.63, 3.8) is 0 Å². The molecule has 0 amide bonds. The van der Waals surface area contributed by atoms with Gasteiger partial charge < -0.3 is 0 Å². The molecule has 0 radical (unpaired) electrons. The zero-order chi connectivity index (χ0) is 9.26. The van der Waals surface area contributed by atoms with E-state index in [2.05, 4.69) is 26.0 Å². The third kappa shape index (κ3) is 1.70. The zero-order valence-electron chi connectivity index (χ0n) is 6.57. The number of halogens is 1. The second-order valence-electron chi connectivity index (χ2n) is 2.51. The van der Waals surface area contributed by atoms with Gasteiger partial charge in [0.25, 0.3) is 0 Å². The first-order valence-corrected chi connectivity index (χ1v) is 4.44. The maximum atomic E-state index is 10.7. The molecule has 4 nitrogen and oxygen atoms in total. The van der Waals surface area contributed by atoms with Crippen LogP contribution in [0.15, 0.2) is 39.9 Å². The summed E-state index contributed by atoms with van der Waals surface area (Å²) in [5, 5.41) is 2.55. The van der Waals surface area contributed by atoms with E-state index in [0.29, 0.717) is 0 Å². The molecule has 1 aromatic heterocycles. The van der Waals surface area contributed by atoms with E-state index in [1.807, 2.05) is 24.3 Å². The molecule has 0 fully saturated rings. The summed E-state index contributed by atoms with van der Waals surface area (Å²) >= 11 is 3.33. The van der Waals surface area contributed by atoms with Crippen LogP contribution in [0.1, 0.15) is 0 Å². The van der Waals surface area contributed by atoms with Crippen LogP contribution >= 0.6 is 15.9 Å². The molecule has 0 aliphatic rings. The molecule has 0 atom stereocenters. The van der Waals surface area contributed by atoms with Gasteiger partial charge in [-0.3, -0.25) is 0 Å². The Bertz CT molecular complexity index is 457. The van der Waals surface area contributed by atoms with Crippen molar-refractivity contribution in [2.75, 3.05) is 0 Å². The summed E-state index contributed by atoms with van der Waals surface area (Å²) in [5.74, 6) is 0. The average Bonchev–Trinajstić information content (AvgIpc) is 2.53. The number of rotatable bonds is 1. The van der Waals surface area contributed by atoms with Crippen molar-refractivity contribution in [3.8, 4) is 5.69 Å². The fourth-order valence-corrected chi connectivity index (χ4v) is 1.27. The smallest absolute Gasteiger partial charge is 0.244 e. The Kier molecular flexibility index (Phi) is 2.02. The van der Waals surface area contributed by atoms with Gasteiger partial charge in [-0.15, -0.1) is 0 Å².